The van der Waals surface area contributed by atoms with E-state index in [0.29, 0.717) is 36.0 Å². The number of nitrogens with one attached hydrogen (secondary N) is 1. The van der Waals surface area contributed by atoms with E-state index >= 15 is 0 Å². The smallest absolute Gasteiger partial charge is 0.356 e. The van der Waals surface area contributed by atoms with Gasteiger partial charge in [-0.2, -0.15) is 0 Å². The van der Waals surface area contributed by atoms with E-state index in [-0.39, 0.29) is 24.1 Å². The Morgan fingerprint density at radius 2 is 1.65 bits per heavy atom. The van der Waals surface area contributed by atoms with Crippen LogP contribution in [0.2, 0.25) is 0 Å². The molecule has 40 heavy (non-hydrogen) atoms. The number of ether oxygens (including phenoxy) is 1. The monoisotopic (exact) mass is 534 g/mol. The van der Waals surface area contributed by atoms with Gasteiger partial charge in [0.05, 0.1) is 6.61 Å². The summed E-state index contributed by atoms with van der Waals surface area (Å²) >= 11 is 0. The highest BCUT2D eigenvalue weighted by molar-refractivity contribution is 6.05. The number of esters is 1. The van der Waals surface area contributed by atoms with Crippen LogP contribution in [0.15, 0.2) is 91.3 Å². The average molecular weight is 535 g/mol. The van der Waals surface area contributed by atoms with Crippen molar-refractivity contribution in [2.45, 2.75) is 25.7 Å². The molecule has 0 spiro atoms. The predicted molar refractivity (Wildman–Crippen MR) is 152 cm³/mol. The van der Waals surface area contributed by atoms with Crippen molar-refractivity contribution in [3.63, 3.8) is 0 Å². The second kappa shape index (κ2) is 12.3. The van der Waals surface area contributed by atoms with Gasteiger partial charge in [0.25, 0.3) is 11.8 Å². The van der Waals surface area contributed by atoms with Crippen molar-refractivity contribution in [1.82, 2.24) is 14.9 Å². The molecule has 8 heteroatoms. The lowest BCUT2D eigenvalue weighted by Gasteiger charge is -2.32. The first-order valence-electron chi connectivity index (χ1n) is 13.4. The third-order valence-electron chi connectivity index (χ3n) is 7.02. The van der Waals surface area contributed by atoms with Crippen LogP contribution in [0.1, 0.15) is 62.6 Å². The van der Waals surface area contributed by atoms with Crippen LogP contribution >= 0.6 is 0 Å². The number of pyridine rings is 2. The molecule has 1 aliphatic rings. The number of carbonyl (C=O) groups is 3. The summed E-state index contributed by atoms with van der Waals surface area (Å²) in [5.41, 5.74) is 4.54. The molecule has 8 nitrogen and oxygen atoms in total. The fourth-order valence-corrected chi connectivity index (χ4v) is 4.92. The largest absolute Gasteiger partial charge is 0.461 e. The van der Waals surface area contributed by atoms with Gasteiger partial charge in [-0.1, -0.05) is 48.5 Å². The summed E-state index contributed by atoms with van der Waals surface area (Å²) in [4.78, 5) is 48.3. The van der Waals surface area contributed by atoms with Gasteiger partial charge in [-0.3, -0.25) is 14.6 Å². The number of aromatic nitrogens is 2. The lowest BCUT2D eigenvalue weighted by Crippen LogP contribution is -2.38. The van der Waals surface area contributed by atoms with E-state index in [2.05, 4.69) is 15.3 Å². The summed E-state index contributed by atoms with van der Waals surface area (Å²) in [5, 5.41) is 2.87. The Morgan fingerprint density at radius 3 is 2.38 bits per heavy atom. The van der Waals surface area contributed by atoms with Crippen molar-refractivity contribution in [3.8, 4) is 11.1 Å². The molecule has 0 atom stereocenters. The van der Waals surface area contributed by atoms with Gasteiger partial charge in [-0.25, -0.2) is 9.78 Å². The number of hydrogen-bond acceptors (Lipinski definition) is 6. The lowest BCUT2D eigenvalue weighted by atomic mass is 9.89. The van der Waals surface area contributed by atoms with Crippen LogP contribution in [0, 0.1) is 0 Å². The quantitative estimate of drug-likeness (QED) is 0.310. The molecule has 0 saturated carbocycles. The van der Waals surface area contributed by atoms with Crippen LogP contribution in [-0.4, -0.2) is 52.3 Å². The predicted octanol–water partition coefficient (Wildman–Crippen LogP) is 5.59. The molecule has 2 aromatic carbocycles. The summed E-state index contributed by atoms with van der Waals surface area (Å²) in [6.07, 6.45) is 4.77. The first-order chi connectivity index (χ1) is 19.5. The number of amides is 2. The van der Waals surface area contributed by atoms with E-state index in [4.69, 9.17) is 4.74 Å². The van der Waals surface area contributed by atoms with Gasteiger partial charge in [0.15, 0.2) is 0 Å². The fourth-order valence-electron chi connectivity index (χ4n) is 4.92. The Hall–Kier alpha value is -4.85. The Balaban J connectivity index is 1.19. The second-order valence-electron chi connectivity index (χ2n) is 9.56. The minimum Gasteiger partial charge on any atom is -0.461 e. The molecular weight excluding hydrogens is 504 g/mol. The molecule has 2 amide bonds. The molecule has 1 saturated heterocycles. The molecule has 1 N–H and O–H groups in total. The maximum absolute atomic E-state index is 13.4. The molecular formula is C32H30N4O4. The number of rotatable bonds is 7. The van der Waals surface area contributed by atoms with E-state index in [1.165, 1.54) is 17.8 Å². The number of benzene rings is 2. The van der Waals surface area contributed by atoms with E-state index in [0.717, 1.165) is 24.0 Å². The molecule has 1 fully saturated rings. The number of anilines is 1. The van der Waals surface area contributed by atoms with E-state index in [1.807, 2.05) is 71.6 Å². The van der Waals surface area contributed by atoms with Gasteiger partial charge in [0, 0.05) is 42.3 Å². The Bertz CT molecular complexity index is 1500. The van der Waals surface area contributed by atoms with Gasteiger partial charge < -0.3 is 15.0 Å². The van der Waals surface area contributed by atoms with Crippen LogP contribution in [0.4, 0.5) is 5.69 Å². The minimum atomic E-state index is -0.564. The maximum atomic E-state index is 13.4. The topological polar surface area (TPSA) is 101 Å². The molecule has 5 rings (SSSR count). The number of piperidine rings is 1. The molecule has 202 valence electrons. The van der Waals surface area contributed by atoms with Crippen LogP contribution in [-0.2, 0) is 4.74 Å². The summed E-state index contributed by atoms with van der Waals surface area (Å²) in [7, 11) is 0. The zero-order valence-corrected chi connectivity index (χ0v) is 22.2. The van der Waals surface area contributed by atoms with E-state index < -0.39 is 5.97 Å². The fraction of sp³-hybridized carbons (Fsp3) is 0.219. The van der Waals surface area contributed by atoms with Crippen molar-refractivity contribution in [1.29, 1.82) is 0 Å². The van der Waals surface area contributed by atoms with Crippen LogP contribution in [0.25, 0.3) is 11.1 Å². The lowest BCUT2D eigenvalue weighted by molar-refractivity contribution is 0.0519. The van der Waals surface area contributed by atoms with Gasteiger partial charge in [-0.15, -0.1) is 0 Å². The zero-order chi connectivity index (χ0) is 27.9. The van der Waals surface area contributed by atoms with Gasteiger partial charge in [0.1, 0.15) is 11.4 Å². The molecule has 3 heterocycles. The van der Waals surface area contributed by atoms with Crippen molar-refractivity contribution >= 4 is 23.5 Å². The highest BCUT2D eigenvalue weighted by Crippen LogP contribution is 2.31. The first kappa shape index (κ1) is 26.7. The van der Waals surface area contributed by atoms with Gasteiger partial charge >= 0.3 is 5.97 Å². The average Bonchev–Trinajstić information content (AvgIpc) is 3.02. The van der Waals surface area contributed by atoms with Gasteiger partial charge in [0.2, 0.25) is 0 Å². The molecule has 4 aromatic rings. The zero-order valence-electron chi connectivity index (χ0n) is 22.2. The third-order valence-corrected chi connectivity index (χ3v) is 7.02. The van der Waals surface area contributed by atoms with Gasteiger partial charge in [-0.05, 0) is 67.1 Å². The van der Waals surface area contributed by atoms with E-state index in [1.54, 1.807) is 19.2 Å². The summed E-state index contributed by atoms with van der Waals surface area (Å²) in [6.45, 7) is 3.25. The summed E-state index contributed by atoms with van der Waals surface area (Å²) in [6, 6.07) is 24.4. The molecule has 0 radical (unpaired) electrons. The number of hydrogen-bond donors (Lipinski definition) is 1. The Kier molecular flexibility index (Phi) is 8.25. The molecule has 2 aromatic heterocycles. The summed E-state index contributed by atoms with van der Waals surface area (Å²) in [5.74, 6) is -0.625. The van der Waals surface area contributed by atoms with Crippen molar-refractivity contribution in [2.75, 3.05) is 25.0 Å². The minimum absolute atomic E-state index is 0.0433. The molecule has 0 aliphatic carbocycles. The van der Waals surface area contributed by atoms with Crippen LogP contribution < -0.4 is 5.32 Å². The Morgan fingerprint density at radius 1 is 0.900 bits per heavy atom. The molecule has 0 bridgehead atoms. The van der Waals surface area contributed by atoms with Crippen molar-refractivity contribution < 1.29 is 19.1 Å². The Labute approximate surface area is 233 Å². The third kappa shape index (κ3) is 6.07. The highest BCUT2D eigenvalue weighted by Gasteiger charge is 2.27. The van der Waals surface area contributed by atoms with Crippen LogP contribution in [0.5, 0.6) is 0 Å². The summed E-state index contributed by atoms with van der Waals surface area (Å²) < 4.78 is 4.96. The SMILES string of the molecule is CCOC(=O)c1cc(C(=O)Nc2ccc(C3CCN(C(=O)c4ncccc4-c4ccccc4)CC3)cc2)ccn1. The molecule has 1 aliphatic heterocycles. The normalized spacial score (nSPS) is 13.5. The van der Waals surface area contributed by atoms with Crippen molar-refractivity contribution in [3.05, 3.63) is 114 Å². The number of likely N-dealkylation sites (tertiary alicyclic amines) is 1. The molecule has 0 unspecified atom stereocenters. The number of carbonyl (C=O) groups excluding carboxylic acids is 3. The van der Waals surface area contributed by atoms with Crippen molar-refractivity contribution in [2.24, 2.45) is 0 Å². The first-order valence-corrected chi connectivity index (χ1v) is 13.4. The number of nitrogens with zero attached hydrogens (tertiary/aromatic N) is 3. The highest BCUT2D eigenvalue weighted by atomic mass is 16.5. The second-order valence-corrected chi connectivity index (χ2v) is 9.56. The van der Waals surface area contributed by atoms with Crippen LogP contribution in [0.3, 0.4) is 0 Å². The van der Waals surface area contributed by atoms with E-state index in [9.17, 15) is 14.4 Å². The maximum Gasteiger partial charge on any atom is 0.356 e. The standard InChI is InChI=1S/C32H30N4O4/c1-2-40-32(39)28-21-25(14-18-33-28)30(37)35-26-12-10-22(11-13-26)23-15-19-36(20-16-23)31(38)29-27(9-6-17-34-29)24-7-4-3-5-8-24/h3-14,17-18,21,23H,2,15-16,19-20H2,1H3,(H,35,37).